The third-order valence-electron chi connectivity index (χ3n) is 3.43. The molecule has 0 aliphatic rings. The Morgan fingerprint density at radius 1 is 1.19 bits per heavy atom. The third-order valence-corrected chi connectivity index (χ3v) is 3.43. The van der Waals surface area contributed by atoms with Gasteiger partial charge < -0.3 is 5.32 Å². The summed E-state index contributed by atoms with van der Waals surface area (Å²) in [4.78, 5) is 12.1. The number of aromatic nitrogens is 2. The molecule has 1 aromatic heterocycles. The van der Waals surface area contributed by atoms with Crippen LogP contribution in [0.5, 0.6) is 0 Å². The van der Waals surface area contributed by atoms with Gasteiger partial charge in [-0.3, -0.25) is 9.48 Å². The van der Waals surface area contributed by atoms with Crippen molar-refractivity contribution in [2.45, 2.75) is 6.42 Å². The molecule has 4 heteroatoms. The molecule has 0 spiro atoms. The molecule has 1 N–H and O–H groups in total. The lowest BCUT2D eigenvalue weighted by Crippen LogP contribution is -2.25. The van der Waals surface area contributed by atoms with Crippen molar-refractivity contribution in [1.29, 1.82) is 0 Å². The van der Waals surface area contributed by atoms with E-state index in [0.29, 0.717) is 12.1 Å². The summed E-state index contributed by atoms with van der Waals surface area (Å²) in [6.07, 6.45) is 2.77. The third kappa shape index (κ3) is 3.11. The number of nitrogens with one attached hydrogen (secondary N) is 1. The number of carbonyl (C=O) groups excluding carboxylic acids is 1. The summed E-state index contributed by atoms with van der Waals surface area (Å²) in [5.74, 6) is -0.0570. The van der Waals surface area contributed by atoms with E-state index in [1.807, 2.05) is 49.6 Å². The fraction of sp³-hybridized carbons (Fsp3) is 0.176. The van der Waals surface area contributed by atoms with Gasteiger partial charge in [0.25, 0.3) is 5.91 Å². The number of hydrogen-bond donors (Lipinski definition) is 1. The van der Waals surface area contributed by atoms with Gasteiger partial charge in [-0.1, -0.05) is 36.4 Å². The van der Waals surface area contributed by atoms with Gasteiger partial charge >= 0.3 is 0 Å². The van der Waals surface area contributed by atoms with Crippen molar-refractivity contribution in [2.75, 3.05) is 6.54 Å². The zero-order chi connectivity index (χ0) is 14.7. The average molecular weight is 279 g/mol. The second-order valence-electron chi connectivity index (χ2n) is 5.07. The first-order chi connectivity index (χ1) is 10.2. The molecule has 106 valence electrons. The first-order valence-electron chi connectivity index (χ1n) is 6.98. The monoisotopic (exact) mass is 279 g/mol. The molecule has 21 heavy (non-hydrogen) atoms. The Morgan fingerprint density at radius 2 is 2.00 bits per heavy atom. The molecular formula is C17H17N3O. The Bertz CT molecular complexity index is 762. The van der Waals surface area contributed by atoms with Gasteiger partial charge in [-0.2, -0.15) is 5.10 Å². The standard InChI is InChI=1S/C17H17N3O/c1-20-12-15-8-7-14(11-16(15)19-20)17(21)18-10-9-13-5-3-2-4-6-13/h2-8,11-12H,9-10H2,1H3,(H,18,21). The molecule has 1 amide bonds. The highest BCUT2D eigenvalue weighted by atomic mass is 16.1. The number of amides is 1. The molecule has 0 saturated carbocycles. The van der Waals surface area contributed by atoms with E-state index in [1.54, 1.807) is 4.68 Å². The van der Waals surface area contributed by atoms with Crippen LogP contribution in [-0.2, 0) is 13.5 Å². The number of fused-ring (bicyclic) bond motifs is 1. The number of benzene rings is 2. The van der Waals surface area contributed by atoms with Gasteiger partial charge in [-0.25, -0.2) is 0 Å². The number of aryl methyl sites for hydroxylation is 1. The molecular weight excluding hydrogens is 262 g/mol. The van der Waals surface area contributed by atoms with E-state index in [4.69, 9.17) is 0 Å². The van der Waals surface area contributed by atoms with Gasteiger partial charge in [0.05, 0.1) is 5.52 Å². The van der Waals surface area contributed by atoms with Crippen LogP contribution in [0.25, 0.3) is 10.9 Å². The van der Waals surface area contributed by atoms with Crippen LogP contribution >= 0.6 is 0 Å². The van der Waals surface area contributed by atoms with Crippen LogP contribution in [0.3, 0.4) is 0 Å². The Hall–Kier alpha value is -2.62. The number of carbonyl (C=O) groups is 1. The van der Waals surface area contributed by atoms with Crippen LogP contribution in [0.2, 0.25) is 0 Å². The number of hydrogen-bond acceptors (Lipinski definition) is 2. The van der Waals surface area contributed by atoms with Crippen molar-refractivity contribution >= 4 is 16.8 Å². The van der Waals surface area contributed by atoms with Gasteiger partial charge in [0, 0.05) is 30.7 Å². The maximum atomic E-state index is 12.1. The van der Waals surface area contributed by atoms with Gasteiger partial charge in [0.1, 0.15) is 0 Å². The largest absolute Gasteiger partial charge is 0.352 e. The summed E-state index contributed by atoms with van der Waals surface area (Å²) in [7, 11) is 1.87. The Labute approximate surface area is 123 Å². The highest BCUT2D eigenvalue weighted by molar-refractivity contribution is 5.97. The van der Waals surface area contributed by atoms with E-state index in [1.165, 1.54) is 5.56 Å². The van der Waals surface area contributed by atoms with Gasteiger partial charge in [0.15, 0.2) is 0 Å². The van der Waals surface area contributed by atoms with E-state index >= 15 is 0 Å². The van der Waals surface area contributed by atoms with Gasteiger partial charge in [0.2, 0.25) is 0 Å². The van der Waals surface area contributed by atoms with Crippen molar-refractivity contribution in [3.05, 3.63) is 65.9 Å². The highest BCUT2D eigenvalue weighted by Crippen LogP contribution is 2.13. The van der Waals surface area contributed by atoms with Crippen molar-refractivity contribution in [1.82, 2.24) is 15.1 Å². The lowest BCUT2D eigenvalue weighted by atomic mass is 10.1. The molecule has 0 atom stereocenters. The molecule has 0 radical (unpaired) electrons. The maximum Gasteiger partial charge on any atom is 0.251 e. The number of rotatable bonds is 4. The van der Waals surface area contributed by atoms with Crippen LogP contribution in [0, 0.1) is 0 Å². The summed E-state index contributed by atoms with van der Waals surface area (Å²) in [6.45, 7) is 0.628. The topological polar surface area (TPSA) is 46.9 Å². The Morgan fingerprint density at radius 3 is 2.81 bits per heavy atom. The van der Waals surface area contributed by atoms with Gasteiger partial charge in [-0.05, 0) is 24.1 Å². The predicted octanol–water partition coefficient (Wildman–Crippen LogP) is 2.55. The minimum Gasteiger partial charge on any atom is -0.352 e. The van der Waals surface area contributed by atoms with Gasteiger partial charge in [-0.15, -0.1) is 0 Å². The lowest BCUT2D eigenvalue weighted by molar-refractivity contribution is 0.0954. The normalized spacial score (nSPS) is 10.7. The minimum absolute atomic E-state index is 0.0570. The zero-order valence-corrected chi connectivity index (χ0v) is 11.9. The van der Waals surface area contributed by atoms with Crippen molar-refractivity contribution in [3.8, 4) is 0 Å². The predicted molar refractivity (Wildman–Crippen MR) is 83.2 cm³/mol. The molecule has 0 aliphatic carbocycles. The molecule has 0 unspecified atom stereocenters. The SMILES string of the molecule is Cn1cc2ccc(C(=O)NCCc3ccccc3)cc2n1. The van der Waals surface area contributed by atoms with E-state index in [0.717, 1.165) is 17.3 Å². The lowest BCUT2D eigenvalue weighted by Gasteiger charge is -2.05. The molecule has 2 aromatic carbocycles. The summed E-state index contributed by atoms with van der Waals surface area (Å²) in [6, 6.07) is 15.7. The van der Waals surface area contributed by atoms with E-state index in [2.05, 4.69) is 22.5 Å². The van der Waals surface area contributed by atoms with Crippen molar-refractivity contribution in [3.63, 3.8) is 0 Å². The fourth-order valence-corrected chi connectivity index (χ4v) is 2.35. The first kappa shape index (κ1) is 13.4. The smallest absolute Gasteiger partial charge is 0.251 e. The summed E-state index contributed by atoms with van der Waals surface area (Å²) < 4.78 is 1.75. The molecule has 0 fully saturated rings. The first-order valence-corrected chi connectivity index (χ1v) is 6.98. The summed E-state index contributed by atoms with van der Waals surface area (Å²) >= 11 is 0. The van der Waals surface area contributed by atoms with Crippen LogP contribution < -0.4 is 5.32 Å². The molecule has 4 nitrogen and oxygen atoms in total. The molecule has 3 aromatic rings. The van der Waals surface area contributed by atoms with E-state index < -0.39 is 0 Å². The van der Waals surface area contributed by atoms with E-state index in [-0.39, 0.29) is 5.91 Å². The van der Waals surface area contributed by atoms with Crippen LogP contribution in [-0.4, -0.2) is 22.2 Å². The zero-order valence-electron chi connectivity index (χ0n) is 11.9. The Balaban J connectivity index is 1.63. The van der Waals surface area contributed by atoms with Crippen LogP contribution in [0.4, 0.5) is 0 Å². The molecule has 0 aliphatic heterocycles. The van der Waals surface area contributed by atoms with Crippen molar-refractivity contribution in [2.24, 2.45) is 7.05 Å². The summed E-state index contributed by atoms with van der Waals surface area (Å²) in [5, 5.41) is 8.31. The molecule has 3 rings (SSSR count). The average Bonchev–Trinajstić information content (AvgIpc) is 2.87. The fourth-order valence-electron chi connectivity index (χ4n) is 2.35. The molecule has 0 saturated heterocycles. The van der Waals surface area contributed by atoms with Crippen molar-refractivity contribution < 1.29 is 4.79 Å². The van der Waals surface area contributed by atoms with E-state index in [9.17, 15) is 4.79 Å². The maximum absolute atomic E-state index is 12.1. The second-order valence-corrected chi connectivity index (χ2v) is 5.07. The molecule has 0 bridgehead atoms. The minimum atomic E-state index is -0.0570. The number of nitrogens with zero attached hydrogens (tertiary/aromatic N) is 2. The Kier molecular flexibility index (Phi) is 3.69. The van der Waals surface area contributed by atoms with Crippen LogP contribution in [0.1, 0.15) is 15.9 Å². The van der Waals surface area contributed by atoms with Crippen LogP contribution in [0.15, 0.2) is 54.7 Å². The highest BCUT2D eigenvalue weighted by Gasteiger charge is 2.07. The molecule has 1 heterocycles. The second kappa shape index (κ2) is 5.79. The summed E-state index contributed by atoms with van der Waals surface area (Å²) in [5.41, 5.74) is 2.71. The quantitative estimate of drug-likeness (QED) is 0.798.